The number of carbonyl (C=O) groups is 2. The maximum Gasteiger partial charge on any atom is 0.283 e. The second-order valence-corrected chi connectivity index (χ2v) is 7.80. The Morgan fingerprint density at radius 1 is 0.867 bits per heavy atom. The third-order valence-corrected chi connectivity index (χ3v) is 5.81. The molecule has 0 saturated carbocycles. The van der Waals surface area contributed by atoms with Gasteiger partial charge in [0.1, 0.15) is 16.4 Å². The van der Waals surface area contributed by atoms with Crippen molar-refractivity contribution in [2.45, 2.75) is 18.2 Å². The monoisotopic (exact) mass is 418 g/mol. The smallest absolute Gasteiger partial charge is 0.283 e. The van der Waals surface area contributed by atoms with Crippen LogP contribution < -0.4 is 10.2 Å². The zero-order valence-electron chi connectivity index (χ0n) is 16.3. The molecular formula is C24H19FN2O2S. The molecule has 0 aromatic heterocycles. The molecule has 150 valence electrons. The number of imide groups is 1. The number of nitrogens with one attached hydrogen (secondary N) is 1. The van der Waals surface area contributed by atoms with Crippen molar-refractivity contribution in [3.8, 4) is 0 Å². The van der Waals surface area contributed by atoms with Crippen molar-refractivity contribution in [1.82, 2.24) is 0 Å². The zero-order valence-corrected chi connectivity index (χ0v) is 17.1. The van der Waals surface area contributed by atoms with E-state index in [1.54, 1.807) is 12.1 Å². The first-order valence-electron chi connectivity index (χ1n) is 9.54. The van der Waals surface area contributed by atoms with Crippen LogP contribution in [0.15, 0.2) is 94.4 Å². The highest BCUT2D eigenvalue weighted by Crippen LogP contribution is 2.37. The van der Waals surface area contributed by atoms with Crippen molar-refractivity contribution in [2.75, 3.05) is 10.2 Å². The summed E-state index contributed by atoms with van der Waals surface area (Å²) in [4.78, 5) is 28.8. The normalized spacial score (nSPS) is 13.9. The quantitative estimate of drug-likeness (QED) is 0.546. The molecule has 2 amide bonds. The molecular weight excluding hydrogens is 399 g/mol. The molecule has 0 atom stereocenters. The van der Waals surface area contributed by atoms with E-state index in [9.17, 15) is 14.0 Å². The standard InChI is InChI=1S/C24H19FN2O2S/c1-2-16-8-14-19(15-9-16)27-23(28)21(26-18-12-10-17(25)11-13-18)22(24(27)29)30-20-6-4-3-5-7-20/h3-15,26H,2H2,1H3. The van der Waals surface area contributed by atoms with Gasteiger partial charge in [-0.3, -0.25) is 9.59 Å². The highest BCUT2D eigenvalue weighted by Gasteiger charge is 2.40. The number of amides is 2. The number of rotatable bonds is 6. The third-order valence-electron chi connectivity index (χ3n) is 4.72. The van der Waals surface area contributed by atoms with Gasteiger partial charge in [0.05, 0.1) is 5.69 Å². The van der Waals surface area contributed by atoms with Crippen LogP contribution in [0, 0.1) is 5.82 Å². The van der Waals surface area contributed by atoms with Crippen LogP contribution in [0.4, 0.5) is 15.8 Å². The predicted octanol–water partition coefficient (Wildman–Crippen LogP) is 5.38. The third kappa shape index (κ3) is 4.00. The molecule has 30 heavy (non-hydrogen) atoms. The van der Waals surface area contributed by atoms with E-state index >= 15 is 0 Å². The molecule has 0 fully saturated rings. The van der Waals surface area contributed by atoms with Gasteiger partial charge in [-0.25, -0.2) is 9.29 Å². The fourth-order valence-electron chi connectivity index (χ4n) is 3.11. The lowest BCUT2D eigenvalue weighted by atomic mass is 10.1. The van der Waals surface area contributed by atoms with Gasteiger partial charge in [0.25, 0.3) is 11.8 Å². The molecule has 0 unspecified atom stereocenters. The largest absolute Gasteiger partial charge is 0.350 e. The van der Waals surface area contributed by atoms with E-state index in [-0.39, 0.29) is 17.4 Å². The molecule has 1 aliphatic heterocycles. The molecule has 0 saturated heterocycles. The van der Waals surface area contributed by atoms with Crippen LogP contribution in [0.3, 0.4) is 0 Å². The van der Waals surface area contributed by atoms with Gasteiger partial charge in [0, 0.05) is 10.6 Å². The number of benzene rings is 3. The number of aryl methyl sites for hydroxylation is 1. The second kappa shape index (κ2) is 8.55. The van der Waals surface area contributed by atoms with Gasteiger partial charge >= 0.3 is 0 Å². The summed E-state index contributed by atoms with van der Waals surface area (Å²) in [7, 11) is 0. The van der Waals surface area contributed by atoms with Gasteiger partial charge in [0.15, 0.2) is 0 Å². The molecule has 0 spiro atoms. The van der Waals surface area contributed by atoms with E-state index in [4.69, 9.17) is 0 Å². The fraction of sp³-hybridized carbons (Fsp3) is 0.0833. The van der Waals surface area contributed by atoms with Crippen LogP contribution in [0.1, 0.15) is 12.5 Å². The van der Waals surface area contributed by atoms with Gasteiger partial charge in [-0.05, 0) is 60.5 Å². The Balaban J connectivity index is 1.72. The molecule has 1 aliphatic rings. The van der Waals surface area contributed by atoms with Crippen LogP contribution in [-0.2, 0) is 16.0 Å². The summed E-state index contributed by atoms with van der Waals surface area (Å²) in [5.41, 5.74) is 2.35. The second-order valence-electron chi connectivity index (χ2n) is 6.72. The average molecular weight is 418 g/mol. The van der Waals surface area contributed by atoms with Crippen molar-refractivity contribution >= 4 is 35.0 Å². The van der Waals surface area contributed by atoms with Crippen LogP contribution in [0.25, 0.3) is 0 Å². The molecule has 6 heteroatoms. The Labute approximate surface area is 178 Å². The first kappa shape index (κ1) is 19.9. The first-order chi connectivity index (χ1) is 14.6. The van der Waals surface area contributed by atoms with Crippen LogP contribution in [0.2, 0.25) is 0 Å². The molecule has 0 aliphatic carbocycles. The lowest BCUT2D eigenvalue weighted by Gasteiger charge is -2.15. The summed E-state index contributed by atoms with van der Waals surface area (Å²) >= 11 is 1.23. The summed E-state index contributed by atoms with van der Waals surface area (Å²) in [6.07, 6.45) is 0.868. The Kier molecular flexibility index (Phi) is 5.68. The fourth-order valence-corrected chi connectivity index (χ4v) is 4.06. The van der Waals surface area contributed by atoms with E-state index in [1.807, 2.05) is 49.4 Å². The Morgan fingerprint density at radius 2 is 1.53 bits per heavy atom. The molecule has 3 aromatic rings. The molecule has 4 nitrogen and oxygen atoms in total. The summed E-state index contributed by atoms with van der Waals surface area (Å²) < 4.78 is 13.3. The summed E-state index contributed by atoms with van der Waals surface area (Å²) in [6.45, 7) is 2.04. The number of anilines is 2. The molecule has 4 rings (SSSR count). The first-order valence-corrected chi connectivity index (χ1v) is 10.4. The van der Waals surface area contributed by atoms with E-state index in [0.717, 1.165) is 16.9 Å². The van der Waals surface area contributed by atoms with E-state index in [1.165, 1.54) is 40.9 Å². The van der Waals surface area contributed by atoms with Crippen molar-refractivity contribution < 1.29 is 14.0 Å². The van der Waals surface area contributed by atoms with Gasteiger partial charge < -0.3 is 5.32 Å². The molecule has 1 N–H and O–H groups in total. The summed E-state index contributed by atoms with van der Waals surface area (Å²) in [5, 5.41) is 3.02. The molecule has 0 bridgehead atoms. The van der Waals surface area contributed by atoms with E-state index in [2.05, 4.69) is 5.32 Å². The Morgan fingerprint density at radius 3 is 2.17 bits per heavy atom. The minimum absolute atomic E-state index is 0.181. The number of hydrogen-bond acceptors (Lipinski definition) is 4. The number of carbonyl (C=O) groups excluding carboxylic acids is 2. The van der Waals surface area contributed by atoms with Crippen molar-refractivity contribution in [1.29, 1.82) is 0 Å². The van der Waals surface area contributed by atoms with Gasteiger partial charge in [-0.1, -0.05) is 49.0 Å². The Bertz CT molecular complexity index is 1110. The van der Waals surface area contributed by atoms with Crippen LogP contribution in [-0.4, -0.2) is 11.8 Å². The molecule has 0 radical (unpaired) electrons. The Hall–Kier alpha value is -3.38. The maximum absolute atomic E-state index is 13.3. The minimum Gasteiger partial charge on any atom is -0.350 e. The predicted molar refractivity (Wildman–Crippen MR) is 118 cm³/mol. The maximum atomic E-state index is 13.3. The number of thioether (sulfide) groups is 1. The highest BCUT2D eigenvalue weighted by atomic mass is 32.2. The van der Waals surface area contributed by atoms with E-state index in [0.29, 0.717) is 16.3 Å². The van der Waals surface area contributed by atoms with Gasteiger partial charge in [-0.2, -0.15) is 0 Å². The summed E-state index contributed by atoms with van der Waals surface area (Å²) in [5.74, 6) is -1.20. The molecule has 1 heterocycles. The van der Waals surface area contributed by atoms with Crippen LogP contribution in [0.5, 0.6) is 0 Å². The van der Waals surface area contributed by atoms with Crippen LogP contribution >= 0.6 is 11.8 Å². The molecule has 3 aromatic carbocycles. The minimum atomic E-state index is -0.438. The lowest BCUT2D eigenvalue weighted by Crippen LogP contribution is -2.32. The van der Waals surface area contributed by atoms with E-state index < -0.39 is 5.91 Å². The van der Waals surface area contributed by atoms with Crippen molar-refractivity contribution in [3.05, 3.63) is 101 Å². The number of hydrogen-bond donors (Lipinski definition) is 1. The van der Waals surface area contributed by atoms with Crippen molar-refractivity contribution in [2.24, 2.45) is 0 Å². The van der Waals surface area contributed by atoms with Gasteiger partial charge in [0.2, 0.25) is 0 Å². The summed E-state index contributed by atoms with van der Waals surface area (Å²) in [6, 6.07) is 22.4. The average Bonchev–Trinajstić information content (AvgIpc) is 3.00. The van der Waals surface area contributed by atoms with Crippen molar-refractivity contribution in [3.63, 3.8) is 0 Å². The number of halogens is 1. The van der Waals surface area contributed by atoms with Gasteiger partial charge in [-0.15, -0.1) is 0 Å². The number of nitrogens with zero attached hydrogens (tertiary/aromatic N) is 1. The highest BCUT2D eigenvalue weighted by molar-refractivity contribution is 8.04. The zero-order chi connectivity index (χ0) is 21.1. The topological polar surface area (TPSA) is 49.4 Å². The lowest BCUT2D eigenvalue weighted by molar-refractivity contribution is -0.120. The SMILES string of the molecule is CCc1ccc(N2C(=O)C(Nc3ccc(F)cc3)=C(Sc3ccccc3)C2=O)cc1.